The first-order valence-corrected chi connectivity index (χ1v) is 11.6. The van der Waals surface area contributed by atoms with Crippen molar-refractivity contribution >= 4 is 17.8 Å². The number of carbonyl (C=O) groups excluding carboxylic acids is 1. The van der Waals surface area contributed by atoms with Crippen molar-refractivity contribution in [1.82, 2.24) is 25.0 Å². The van der Waals surface area contributed by atoms with E-state index in [0.29, 0.717) is 25.8 Å². The van der Waals surface area contributed by atoms with Crippen molar-refractivity contribution in [3.63, 3.8) is 0 Å². The second kappa shape index (κ2) is 13.1. The van der Waals surface area contributed by atoms with Gasteiger partial charge in [-0.05, 0) is 32.3 Å². The molecule has 11 nitrogen and oxygen atoms in total. The SMILES string of the molecule is Cc1cc(CN2CCc3oc(C(=O)N[C@@H]4CC[C@@H](F)C4)nc3C2)n(C)n1.O=C(O)C(F)(F)F.O=C(O)C(F)(F)F. The molecule has 1 aliphatic carbocycles. The van der Waals surface area contributed by atoms with Crippen LogP contribution >= 0.6 is 0 Å². The van der Waals surface area contributed by atoms with Gasteiger partial charge in [0.25, 0.3) is 5.89 Å². The first-order chi connectivity index (χ1) is 18.4. The molecule has 2 aromatic heterocycles. The molecular weight excluding hydrogens is 563 g/mol. The van der Waals surface area contributed by atoms with Crippen LogP contribution in [0.25, 0.3) is 0 Å². The van der Waals surface area contributed by atoms with Gasteiger partial charge in [0.15, 0.2) is 0 Å². The number of hydrogen-bond acceptors (Lipinski definition) is 7. The first-order valence-electron chi connectivity index (χ1n) is 11.6. The van der Waals surface area contributed by atoms with E-state index in [9.17, 15) is 35.5 Å². The van der Waals surface area contributed by atoms with Crippen molar-refractivity contribution in [2.75, 3.05) is 6.54 Å². The number of carboxylic acids is 2. The minimum Gasteiger partial charge on any atom is -0.475 e. The zero-order valence-corrected chi connectivity index (χ0v) is 21.1. The van der Waals surface area contributed by atoms with Crippen molar-refractivity contribution in [3.8, 4) is 0 Å². The van der Waals surface area contributed by atoms with E-state index in [0.717, 1.165) is 42.4 Å². The number of oxazole rings is 1. The van der Waals surface area contributed by atoms with Gasteiger partial charge in [0, 0.05) is 39.1 Å². The van der Waals surface area contributed by atoms with Crippen LogP contribution in [-0.2, 0) is 36.1 Å². The minimum absolute atomic E-state index is 0.0931. The van der Waals surface area contributed by atoms with Crippen molar-refractivity contribution in [2.45, 2.75) is 70.3 Å². The summed E-state index contributed by atoms with van der Waals surface area (Å²) in [4.78, 5) is 36.8. The number of carboxylic acid groups (broad SMARTS) is 2. The van der Waals surface area contributed by atoms with Crippen LogP contribution in [0, 0.1) is 6.92 Å². The number of aromatic nitrogens is 3. The molecule has 1 amide bonds. The molecule has 224 valence electrons. The van der Waals surface area contributed by atoms with Gasteiger partial charge in [-0.25, -0.2) is 19.0 Å². The lowest BCUT2D eigenvalue weighted by Crippen LogP contribution is -2.33. The largest absolute Gasteiger partial charge is 0.490 e. The monoisotopic (exact) mass is 589 g/mol. The Balaban J connectivity index is 0.000000333. The molecular formula is C22H26F7N5O6. The van der Waals surface area contributed by atoms with Gasteiger partial charge >= 0.3 is 30.2 Å². The summed E-state index contributed by atoms with van der Waals surface area (Å²) in [5.41, 5.74) is 2.97. The maximum Gasteiger partial charge on any atom is 0.490 e. The summed E-state index contributed by atoms with van der Waals surface area (Å²) >= 11 is 0. The van der Waals surface area contributed by atoms with Gasteiger partial charge in [-0.3, -0.25) is 14.4 Å². The van der Waals surface area contributed by atoms with E-state index in [4.69, 9.17) is 24.2 Å². The normalized spacial score (nSPS) is 19.0. The third kappa shape index (κ3) is 9.80. The molecule has 2 aliphatic rings. The number of carbonyl (C=O) groups is 3. The average Bonchev–Trinajstić information content (AvgIpc) is 3.51. The van der Waals surface area contributed by atoms with Crippen molar-refractivity contribution in [2.24, 2.45) is 7.05 Å². The zero-order valence-electron chi connectivity index (χ0n) is 21.1. The lowest BCUT2D eigenvalue weighted by atomic mass is 10.1. The van der Waals surface area contributed by atoms with Gasteiger partial charge in [0.05, 0.1) is 17.1 Å². The molecule has 2 atom stereocenters. The van der Waals surface area contributed by atoms with Gasteiger partial charge in [-0.15, -0.1) is 0 Å². The molecule has 18 heteroatoms. The number of fused-ring (bicyclic) bond motifs is 1. The highest BCUT2D eigenvalue weighted by molar-refractivity contribution is 5.90. The molecule has 4 rings (SSSR count). The Labute approximate surface area is 221 Å². The number of nitrogens with one attached hydrogen (secondary N) is 1. The molecule has 1 saturated carbocycles. The fourth-order valence-corrected chi connectivity index (χ4v) is 3.83. The van der Waals surface area contributed by atoms with Gasteiger partial charge in [0.1, 0.15) is 11.9 Å². The second-order valence-corrected chi connectivity index (χ2v) is 8.94. The van der Waals surface area contributed by atoms with E-state index >= 15 is 0 Å². The molecule has 2 aromatic rings. The quantitative estimate of drug-likeness (QED) is 0.457. The summed E-state index contributed by atoms with van der Waals surface area (Å²) in [5.74, 6) is -4.98. The molecule has 0 bridgehead atoms. The molecule has 0 unspecified atom stereocenters. The average molecular weight is 589 g/mol. The smallest absolute Gasteiger partial charge is 0.475 e. The van der Waals surface area contributed by atoms with E-state index in [-0.39, 0.29) is 17.8 Å². The van der Waals surface area contributed by atoms with Crippen LogP contribution in [0.15, 0.2) is 10.5 Å². The summed E-state index contributed by atoms with van der Waals surface area (Å²) < 4.78 is 84.3. The Morgan fingerprint density at radius 1 is 1.10 bits per heavy atom. The van der Waals surface area contributed by atoms with Crippen LogP contribution in [0.3, 0.4) is 0 Å². The van der Waals surface area contributed by atoms with Crippen LogP contribution in [-0.4, -0.2) is 78.8 Å². The molecule has 0 radical (unpaired) electrons. The molecule has 1 aliphatic heterocycles. The van der Waals surface area contributed by atoms with Crippen LogP contribution in [0.5, 0.6) is 0 Å². The number of amides is 1. The molecule has 3 heterocycles. The highest BCUT2D eigenvalue weighted by Crippen LogP contribution is 2.24. The van der Waals surface area contributed by atoms with E-state index in [1.807, 2.05) is 18.7 Å². The number of halogens is 7. The van der Waals surface area contributed by atoms with E-state index < -0.39 is 30.5 Å². The fraction of sp³-hybridized carbons (Fsp3) is 0.591. The number of alkyl halides is 7. The maximum absolute atomic E-state index is 13.3. The lowest BCUT2D eigenvalue weighted by Gasteiger charge is -2.24. The topological polar surface area (TPSA) is 151 Å². The Bertz CT molecular complexity index is 1170. The van der Waals surface area contributed by atoms with Crippen LogP contribution in [0.2, 0.25) is 0 Å². The molecule has 0 aromatic carbocycles. The van der Waals surface area contributed by atoms with E-state index in [1.54, 1.807) is 0 Å². The number of aliphatic carboxylic acids is 2. The van der Waals surface area contributed by atoms with Crippen molar-refractivity contribution < 1.29 is 59.7 Å². The summed E-state index contributed by atoms with van der Waals surface area (Å²) in [6.07, 6.45) is -8.70. The van der Waals surface area contributed by atoms with Gasteiger partial charge in [-0.2, -0.15) is 31.4 Å². The summed E-state index contributed by atoms with van der Waals surface area (Å²) in [7, 11) is 1.95. The molecule has 0 saturated heterocycles. The highest BCUT2D eigenvalue weighted by Gasteiger charge is 2.39. The van der Waals surface area contributed by atoms with Gasteiger partial charge in [-0.1, -0.05) is 0 Å². The third-order valence-corrected chi connectivity index (χ3v) is 5.67. The fourth-order valence-electron chi connectivity index (χ4n) is 3.83. The van der Waals surface area contributed by atoms with E-state index in [1.165, 1.54) is 0 Å². The van der Waals surface area contributed by atoms with Gasteiger partial charge < -0.3 is 19.9 Å². The number of nitrogens with zero attached hydrogens (tertiary/aromatic N) is 4. The molecule has 0 spiro atoms. The van der Waals surface area contributed by atoms with Crippen molar-refractivity contribution in [1.29, 1.82) is 0 Å². The van der Waals surface area contributed by atoms with E-state index in [2.05, 4.69) is 26.4 Å². The lowest BCUT2D eigenvalue weighted by molar-refractivity contribution is -0.193. The second-order valence-electron chi connectivity index (χ2n) is 8.94. The summed E-state index contributed by atoms with van der Waals surface area (Å²) in [5, 5.41) is 21.5. The Hall–Kier alpha value is -3.70. The van der Waals surface area contributed by atoms with Crippen LogP contribution < -0.4 is 5.32 Å². The number of rotatable bonds is 4. The first kappa shape index (κ1) is 32.5. The summed E-state index contributed by atoms with van der Waals surface area (Å²) in [6, 6.07) is 1.96. The predicted octanol–water partition coefficient (Wildman–Crippen LogP) is 3.16. The highest BCUT2D eigenvalue weighted by atomic mass is 19.4. The number of hydrogen-bond donors (Lipinski definition) is 3. The Morgan fingerprint density at radius 3 is 2.12 bits per heavy atom. The van der Waals surface area contributed by atoms with Gasteiger partial charge in [0.2, 0.25) is 0 Å². The molecule has 40 heavy (non-hydrogen) atoms. The standard InChI is InChI=1S/C18H24FN5O2.2C2HF3O2/c1-11-7-14(23(2)22-11)9-24-6-5-16-15(10-24)21-18(26-16)17(25)20-13-4-3-12(19)8-13;2*3-2(4,5)1(6)7/h7,12-13H,3-6,8-10H2,1-2H3,(H,20,25);2*(H,6,7)/t12-,13-;;/m1../s1. The summed E-state index contributed by atoms with van der Waals surface area (Å²) in [6.45, 7) is 4.26. The Kier molecular flexibility index (Phi) is 10.6. The zero-order chi connectivity index (χ0) is 30.4. The molecule has 1 fully saturated rings. The maximum atomic E-state index is 13.3. The van der Waals surface area contributed by atoms with Crippen LogP contribution in [0.1, 0.15) is 52.8 Å². The third-order valence-electron chi connectivity index (χ3n) is 5.67. The number of aryl methyl sites for hydroxylation is 2. The molecule has 3 N–H and O–H groups in total. The van der Waals surface area contributed by atoms with Crippen molar-refractivity contribution in [3.05, 3.63) is 34.8 Å². The minimum atomic E-state index is -5.08. The van der Waals surface area contributed by atoms with Crippen LogP contribution in [0.4, 0.5) is 30.7 Å². The Morgan fingerprint density at radius 2 is 1.68 bits per heavy atom. The predicted molar refractivity (Wildman–Crippen MR) is 120 cm³/mol.